The molecular weight excluding hydrogens is 626 g/mol. The zero-order valence-corrected chi connectivity index (χ0v) is 25.6. The van der Waals surface area contributed by atoms with Crippen molar-refractivity contribution in [3.8, 4) is 5.75 Å². The number of thiazole rings is 1. The quantitative estimate of drug-likeness (QED) is 0.203. The Morgan fingerprint density at radius 1 is 1.02 bits per heavy atom. The molecule has 1 aliphatic heterocycles. The summed E-state index contributed by atoms with van der Waals surface area (Å²) >= 11 is 26.6. The van der Waals surface area contributed by atoms with Crippen molar-refractivity contribution in [2.45, 2.75) is 26.5 Å². The lowest BCUT2D eigenvalue weighted by Crippen LogP contribution is -2.40. The van der Waals surface area contributed by atoms with Gasteiger partial charge in [0, 0.05) is 20.6 Å². The molecule has 6 nitrogen and oxygen atoms in total. The maximum Gasteiger partial charge on any atom is 0.338 e. The molecule has 0 unspecified atom stereocenters. The summed E-state index contributed by atoms with van der Waals surface area (Å²) in [4.78, 5) is 32.1. The van der Waals surface area contributed by atoms with E-state index in [1.807, 2.05) is 12.1 Å². The summed E-state index contributed by atoms with van der Waals surface area (Å²) < 4.78 is 13.2. The second kappa shape index (κ2) is 12.4. The normalized spacial score (nSPS) is 15.0. The highest BCUT2D eigenvalue weighted by molar-refractivity contribution is 7.07. The van der Waals surface area contributed by atoms with Gasteiger partial charge in [-0.1, -0.05) is 88.1 Å². The van der Waals surface area contributed by atoms with Crippen LogP contribution >= 0.6 is 57.7 Å². The van der Waals surface area contributed by atoms with Gasteiger partial charge in [-0.05, 0) is 61.4 Å². The van der Waals surface area contributed by atoms with Crippen LogP contribution in [0.5, 0.6) is 5.75 Å². The number of hydrogen-bond acceptors (Lipinski definition) is 6. The maximum atomic E-state index is 14.0. The predicted octanol–water partition coefficient (Wildman–Crippen LogP) is 6.99. The molecule has 0 aliphatic carbocycles. The first-order valence-corrected chi connectivity index (χ1v) is 14.8. The summed E-state index contributed by atoms with van der Waals surface area (Å²) in [6.45, 7) is 3.82. The van der Waals surface area contributed by atoms with E-state index in [0.29, 0.717) is 52.0 Å². The van der Waals surface area contributed by atoms with E-state index in [-0.39, 0.29) is 24.3 Å². The highest BCUT2D eigenvalue weighted by atomic mass is 35.5. The third-order valence-corrected chi connectivity index (χ3v) is 8.42. The van der Waals surface area contributed by atoms with Crippen LogP contribution in [0, 0.1) is 0 Å². The third-order valence-electron chi connectivity index (χ3n) is 6.34. The van der Waals surface area contributed by atoms with Gasteiger partial charge in [0.05, 0.1) is 27.4 Å². The summed E-state index contributed by atoms with van der Waals surface area (Å²) in [5.74, 6) is -0.199. The number of nitrogens with zero attached hydrogens (tertiary/aromatic N) is 2. The molecule has 210 valence electrons. The van der Waals surface area contributed by atoms with Gasteiger partial charge in [-0.3, -0.25) is 9.36 Å². The van der Waals surface area contributed by atoms with Gasteiger partial charge in [0.2, 0.25) is 0 Å². The lowest BCUT2D eigenvalue weighted by atomic mass is 9.96. The Balaban J connectivity index is 1.65. The molecule has 2 heterocycles. The van der Waals surface area contributed by atoms with Crippen LogP contribution in [0.1, 0.15) is 36.6 Å². The van der Waals surface area contributed by atoms with Crippen molar-refractivity contribution in [3.63, 3.8) is 0 Å². The second-order valence-corrected chi connectivity index (χ2v) is 11.7. The van der Waals surface area contributed by atoms with E-state index in [4.69, 9.17) is 55.9 Å². The fourth-order valence-electron chi connectivity index (χ4n) is 4.50. The molecule has 1 aromatic heterocycles. The van der Waals surface area contributed by atoms with Crippen LogP contribution in [0.15, 0.2) is 81.7 Å². The second-order valence-electron chi connectivity index (χ2n) is 9.04. The van der Waals surface area contributed by atoms with Crippen molar-refractivity contribution < 1.29 is 14.3 Å². The molecule has 4 aromatic rings. The van der Waals surface area contributed by atoms with E-state index in [1.165, 1.54) is 15.9 Å². The fourth-order valence-corrected chi connectivity index (χ4v) is 6.47. The summed E-state index contributed by atoms with van der Waals surface area (Å²) in [6.07, 6.45) is 1.66. The Hall–Kier alpha value is -3.07. The van der Waals surface area contributed by atoms with Crippen LogP contribution in [0.25, 0.3) is 6.08 Å². The monoisotopic (exact) mass is 646 g/mol. The smallest absolute Gasteiger partial charge is 0.338 e. The summed E-state index contributed by atoms with van der Waals surface area (Å²) in [5, 5.41) is 1.69. The van der Waals surface area contributed by atoms with Gasteiger partial charge < -0.3 is 9.47 Å². The van der Waals surface area contributed by atoms with Gasteiger partial charge in [0.25, 0.3) is 5.56 Å². The Bertz CT molecular complexity index is 1860. The standard InChI is InChI=1S/C30H22Cl4N2O4S/c1-3-39-29(38)25-16(2)35-30-36(26(25)21-6-4-5-7-22(21)33)28(37)24(41-30)13-18-12-20(32)14-23(34)27(18)40-15-17-8-10-19(31)11-9-17/h4-14,26H,3,15H2,1-2H3/b24-13-/t26-/m1/s1. The summed E-state index contributed by atoms with van der Waals surface area (Å²) in [6, 6.07) is 16.7. The van der Waals surface area contributed by atoms with Gasteiger partial charge in [-0.2, -0.15) is 0 Å². The van der Waals surface area contributed by atoms with Gasteiger partial charge in [0.1, 0.15) is 18.4 Å². The molecule has 0 amide bonds. The molecule has 0 radical (unpaired) electrons. The van der Waals surface area contributed by atoms with Crippen molar-refractivity contribution in [3.05, 3.63) is 128 Å². The zero-order valence-electron chi connectivity index (χ0n) is 21.8. The van der Waals surface area contributed by atoms with E-state index in [0.717, 1.165) is 5.56 Å². The number of hydrogen-bond donors (Lipinski definition) is 0. The number of rotatable bonds is 7. The summed E-state index contributed by atoms with van der Waals surface area (Å²) in [7, 11) is 0. The van der Waals surface area contributed by atoms with E-state index in [9.17, 15) is 9.59 Å². The largest absolute Gasteiger partial charge is 0.487 e. The van der Waals surface area contributed by atoms with Crippen LogP contribution in [0.4, 0.5) is 0 Å². The van der Waals surface area contributed by atoms with E-state index < -0.39 is 12.0 Å². The molecule has 41 heavy (non-hydrogen) atoms. The highest BCUT2D eigenvalue weighted by Gasteiger charge is 2.34. The van der Waals surface area contributed by atoms with Crippen LogP contribution in [-0.2, 0) is 16.1 Å². The number of halogens is 4. The third kappa shape index (κ3) is 6.10. The predicted molar refractivity (Wildman–Crippen MR) is 164 cm³/mol. The molecule has 1 atom stereocenters. The Labute approximate surface area is 259 Å². The van der Waals surface area contributed by atoms with Crippen molar-refractivity contribution in [1.82, 2.24) is 4.57 Å². The first kappa shape index (κ1) is 29.4. The van der Waals surface area contributed by atoms with E-state index >= 15 is 0 Å². The van der Waals surface area contributed by atoms with Crippen LogP contribution in [0.2, 0.25) is 20.1 Å². The lowest BCUT2D eigenvalue weighted by Gasteiger charge is -2.25. The minimum Gasteiger partial charge on any atom is -0.487 e. The van der Waals surface area contributed by atoms with Crippen molar-refractivity contribution in [1.29, 1.82) is 0 Å². The van der Waals surface area contributed by atoms with Crippen molar-refractivity contribution in [2.75, 3.05) is 6.61 Å². The van der Waals surface area contributed by atoms with Gasteiger partial charge >= 0.3 is 5.97 Å². The first-order chi connectivity index (χ1) is 19.7. The highest BCUT2D eigenvalue weighted by Crippen LogP contribution is 2.35. The van der Waals surface area contributed by atoms with Gasteiger partial charge in [-0.15, -0.1) is 0 Å². The van der Waals surface area contributed by atoms with Gasteiger partial charge in [0.15, 0.2) is 4.80 Å². The fraction of sp³-hybridized carbons (Fsp3) is 0.167. The van der Waals surface area contributed by atoms with Crippen molar-refractivity contribution >= 4 is 69.8 Å². The van der Waals surface area contributed by atoms with Crippen LogP contribution in [0.3, 0.4) is 0 Å². The number of allylic oxidation sites excluding steroid dienone is 1. The topological polar surface area (TPSA) is 69.9 Å². The number of ether oxygens (including phenoxy) is 2. The maximum absolute atomic E-state index is 14.0. The molecule has 0 N–H and O–H groups in total. The van der Waals surface area contributed by atoms with Crippen LogP contribution < -0.4 is 19.6 Å². The van der Waals surface area contributed by atoms with Crippen LogP contribution in [-0.4, -0.2) is 17.1 Å². The van der Waals surface area contributed by atoms with Gasteiger partial charge in [-0.25, -0.2) is 9.79 Å². The molecule has 5 rings (SSSR count). The Morgan fingerprint density at radius 3 is 2.46 bits per heavy atom. The summed E-state index contributed by atoms with van der Waals surface area (Å²) in [5.41, 5.74) is 2.30. The van der Waals surface area contributed by atoms with Crippen molar-refractivity contribution in [2.24, 2.45) is 4.99 Å². The minimum absolute atomic E-state index is 0.170. The molecule has 0 saturated carbocycles. The molecule has 0 fully saturated rings. The SMILES string of the molecule is CCOC(=O)C1=C(C)N=c2s/c(=C\c3cc(Cl)cc(Cl)c3OCc3ccc(Cl)cc3)c(=O)n2[C@@H]1c1ccccc1Cl. The first-order valence-electron chi connectivity index (χ1n) is 12.5. The molecule has 0 bridgehead atoms. The molecular formula is C30H22Cl4N2O4S. The molecule has 3 aromatic carbocycles. The molecule has 1 aliphatic rings. The average Bonchev–Trinajstić information content (AvgIpc) is 3.23. The molecule has 0 spiro atoms. The number of carbonyl (C=O) groups excluding carboxylic acids is 1. The Morgan fingerprint density at radius 2 is 1.76 bits per heavy atom. The number of carbonyl (C=O) groups is 1. The molecule has 0 saturated heterocycles. The average molecular weight is 648 g/mol. The number of aromatic nitrogens is 1. The lowest BCUT2D eigenvalue weighted by molar-refractivity contribution is -0.139. The zero-order chi connectivity index (χ0) is 29.3. The minimum atomic E-state index is -0.829. The number of benzene rings is 3. The van der Waals surface area contributed by atoms with E-state index in [1.54, 1.807) is 68.5 Å². The van der Waals surface area contributed by atoms with E-state index in [2.05, 4.69) is 4.99 Å². The Kier molecular flexibility index (Phi) is 8.92. The molecule has 11 heteroatoms. The number of esters is 1. The number of fused-ring (bicyclic) bond motifs is 1.